The van der Waals surface area contributed by atoms with Crippen LogP contribution in [0.25, 0.3) is 0 Å². The van der Waals surface area contributed by atoms with Crippen molar-refractivity contribution in [3.63, 3.8) is 0 Å². The van der Waals surface area contributed by atoms with Crippen molar-refractivity contribution < 1.29 is 19.3 Å². The number of hydrogen-bond acceptors (Lipinski definition) is 3. The highest BCUT2D eigenvalue weighted by atomic mass is 16.2. The van der Waals surface area contributed by atoms with Crippen molar-refractivity contribution in [3.05, 3.63) is 24.3 Å². The Bertz CT molecular complexity index is 671. The molecule has 2 aliphatic heterocycles. The van der Waals surface area contributed by atoms with E-state index in [-0.39, 0.29) is 30.2 Å². The fourth-order valence-electron chi connectivity index (χ4n) is 4.12. The lowest BCUT2D eigenvalue weighted by molar-refractivity contribution is -0.944. The Morgan fingerprint density at radius 3 is 2.60 bits per heavy atom. The first-order valence-electron chi connectivity index (χ1n) is 9.11. The zero-order valence-electron chi connectivity index (χ0n) is 14.9. The molecule has 0 bridgehead atoms. The molecule has 0 aliphatic carbocycles. The van der Waals surface area contributed by atoms with Gasteiger partial charge in [0.1, 0.15) is 0 Å². The van der Waals surface area contributed by atoms with Crippen LogP contribution in [0.2, 0.25) is 0 Å². The highest BCUT2D eigenvalue weighted by Gasteiger charge is 2.47. The molecule has 0 saturated carbocycles. The van der Waals surface area contributed by atoms with Crippen LogP contribution in [-0.2, 0) is 14.4 Å². The molecule has 6 nitrogen and oxygen atoms in total. The summed E-state index contributed by atoms with van der Waals surface area (Å²) in [6.45, 7) is 4.57. The third-order valence-corrected chi connectivity index (χ3v) is 5.33. The number of hydrogen-bond donors (Lipinski definition) is 2. The third kappa shape index (κ3) is 3.58. The number of amides is 3. The fourth-order valence-corrected chi connectivity index (χ4v) is 4.12. The molecule has 0 spiro atoms. The molecule has 2 saturated heterocycles. The summed E-state index contributed by atoms with van der Waals surface area (Å²) in [5, 5.41) is 2.69. The maximum atomic E-state index is 13.0. The van der Waals surface area contributed by atoms with Crippen molar-refractivity contribution in [1.29, 1.82) is 0 Å². The van der Waals surface area contributed by atoms with Gasteiger partial charge in [-0.05, 0) is 49.9 Å². The van der Waals surface area contributed by atoms with E-state index >= 15 is 0 Å². The molecule has 134 valence electrons. The summed E-state index contributed by atoms with van der Waals surface area (Å²) in [4.78, 5) is 39.2. The Morgan fingerprint density at radius 2 is 1.96 bits per heavy atom. The molecule has 3 rings (SSSR count). The molecule has 6 heteroatoms. The first kappa shape index (κ1) is 17.6. The minimum Gasteiger partial charge on any atom is -0.326 e. The average Bonchev–Trinajstić information content (AvgIpc) is 2.89. The number of carbonyl (C=O) groups is 3. The molecule has 3 unspecified atom stereocenters. The van der Waals surface area contributed by atoms with Crippen molar-refractivity contribution >= 4 is 29.1 Å². The molecule has 2 aliphatic rings. The summed E-state index contributed by atoms with van der Waals surface area (Å²) in [7, 11) is 0. The van der Waals surface area contributed by atoms with Crippen LogP contribution in [0.4, 0.5) is 11.4 Å². The van der Waals surface area contributed by atoms with Crippen molar-refractivity contribution in [2.75, 3.05) is 16.8 Å². The highest BCUT2D eigenvalue weighted by molar-refractivity contribution is 6.21. The van der Waals surface area contributed by atoms with Crippen LogP contribution < -0.4 is 15.1 Å². The number of rotatable bonds is 4. The van der Waals surface area contributed by atoms with Gasteiger partial charge < -0.3 is 10.2 Å². The quantitative estimate of drug-likeness (QED) is 0.804. The predicted molar refractivity (Wildman–Crippen MR) is 95.4 cm³/mol. The van der Waals surface area contributed by atoms with Gasteiger partial charge in [-0.3, -0.25) is 14.4 Å². The van der Waals surface area contributed by atoms with Crippen LogP contribution in [-0.4, -0.2) is 36.3 Å². The third-order valence-electron chi connectivity index (χ3n) is 5.33. The van der Waals surface area contributed by atoms with E-state index < -0.39 is 0 Å². The van der Waals surface area contributed by atoms with Gasteiger partial charge in [0.05, 0.1) is 24.7 Å². The molecule has 3 atom stereocenters. The Hall–Kier alpha value is -2.21. The normalized spacial score (nSPS) is 26.8. The lowest BCUT2D eigenvalue weighted by atomic mass is 9.97. The number of piperidine rings is 1. The lowest BCUT2D eigenvalue weighted by Crippen LogP contribution is -3.20. The molecule has 1 aromatic rings. The summed E-state index contributed by atoms with van der Waals surface area (Å²) in [5.74, 6) is -0.372. The first-order valence-corrected chi connectivity index (χ1v) is 9.11. The van der Waals surface area contributed by atoms with E-state index in [1.807, 2.05) is 0 Å². The highest BCUT2D eigenvalue weighted by Crippen LogP contribution is 2.24. The second-order valence-corrected chi connectivity index (χ2v) is 6.98. The Balaban J connectivity index is 1.78. The van der Waals surface area contributed by atoms with Crippen LogP contribution >= 0.6 is 0 Å². The number of carbonyl (C=O) groups excluding carboxylic acids is 3. The Morgan fingerprint density at radius 1 is 1.24 bits per heavy atom. The van der Waals surface area contributed by atoms with E-state index in [9.17, 15) is 14.4 Å². The van der Waals surface area contributed by atoms with Crippen molar-refractivity contribution in [2.45, 2.75) is 58.0 Å². The van der Waals surface area contributed by atoms with Crippen molar-refractivity contribution in [3.8, 4) is 0 Å². The van der Waals surface area contributed by atoms with E-state index in [2.05, 4.69) is 12.2 Å². The van der Waals surface area contributed by atoms with E-state index in [0.717, 1.165) is 25.8 Å². The van der Waals surface area contributed by atoms with Crippen LogP contribution in [0.5, 0.6) is 0 Å². The number of imide groups is 1. The van der Waals surface area contributed by atoms with E-state index in [1.165, 1.54) is 23.1 Å². The summed E-state index contributed by atoms with van der Waals surface area (Å²) in [6, 6.07) is 7.07. The van der Waals surface area contributed by atoms with Gasteiger partial charge in [0.25, 0.3) is 5.91 Å². The molecule has 25 heavy (non-hydrogen) atoms. The first-order chi connectivity index (χ1) is 12.0. The number of nitrogens with zero attached hydrogens (tertiary/aromatic N) is 1. The van der Waals surface area contributed by atoms with Gasteiger partial charge in [-0.1, -0.05) is 6.92 Å². The number of anilines is 2. The molecule has 0 radical (unpaired) electrons. The van der Waals surface area contributed by atoms with Gasteiger partial charge in [-0.15, -0.1) is 0 Å². The minimum atomic E-state index is -0.257. The maximum absolute atomic E-state index is 13.0. The predicted octanol–water partition coefficient (Wildman–Crippen LogP) is 1.12. The zero-order valence-corrected chi connectivity index (χ0v) is 14.9. The standard InChI is InChI=1S/C19H25N3O3/c1-3-15-6-4-5-11-21(15)17-12-18(24)22(19(17)25)16-9-7-14(8-10-16)20-13(2)23/h7-10,15,17H,3-6,11-12H2,1-2H3,(H,20,23)/p+1. The lowest BCUT2D eigenvalue weighted by Gasteiger charge is -2.35. The van der Waals surface area contributed by atoms with Crippen LogP contribution in [0, 0.1) is 0 Å². The summed E-state index contributed by atoms with van der Waals surface area (Å²) >= 11 is 0. The molecule has 2 fully saturated rings. The topological polar surface area (TPSA) is 70.9 Å². The molecular weight excluding hydrogens is 318 g/mol. The monoisotopic (exact) mass is 344 g/mol. The molecule has 2 heterocycles. The number of nitrogens with one attached hydrogen (secondary N) is 2. The summed E-state index contributed by atoms with van der Waals surface area (Å²) in [5.41, 5.74) is 1.23. The average molecular weight is 344 g/mol. The smallest absolute Gasteiger partial charge is 0.292 e. The summed E-state index contributed by atoms with van der Waals surface area (Å²) in [6.07, 6.45) is 4.80. The maximum Gasteiger partial charge on any atom is 0.292 e. The van der Waals surface area contributed by atoms with Gasteiger partial charge in [0.2, 0.25) is 11.8 Å². The van der Waals surface area contributed by atoms with Gasteiger partial charge in [-0.25, -0.2) is 4.90 Å². The second-order valence-electron chi connectivity index (χ2n) is 6.98. The molecule has 3 amide bonds. The Kier molecular flexibility index (Phi) is 5.18. The van der Waals surface area contributed by atoms with E-state index in [1.54, 1.807) is 24.3 Å². The number of likely N-dealkylation sites (tertiary alicyclic amines) is 1. The molecule has 1 aromatic carbocycles. The minimum absolute atomic E-state index is 0.0902. The Labute approximate surface area is 148 Å². The van der Waals surface area contributed by atoms with Crippen LogP contribution in [0.3, 0.4) is 0 Å². The SMILES string of the molecule is CCC1CCCC[NH+]1C1CC(=O)N(c2ccc(NC(C)=O)cc2)C1=O. The van der Waals surface area contributed by atoms with Gasteiger partial charge in [-0.2, -0.15) is 0 Å². The van der Waals surface area contributed by atoms with Crippen molar-refractivity contribution in [1.82, 2.24) is 0 Å². The van der Waals surface area contributed by atoms with E-state index in [4.69, 9.17) is 0 Å². The van der Waals surface area contributed by atoms with Crippen LogP contribution in [0.1, 0.15) is 46.0 Å². The number of quaternary nitrogens is 1. The summed E-state index contributed by atoms with van der Waals surface area (Å²) < 4.78 is 0. The number of benzene rings is 1. The zero-order chi connectivity index (χ0) is 18.0. The van der Waals surface area contributed by atoms with Crippen LogP contribution in [0.15, 0.2) is 24.3 Å². The molecule has 0 aromatic heterocycles. The van der Waals surface area contributed by atoms with E-state index in [0.29, 0.717) is 17.4 Å². The largest absolute Gasteiger partial charge is 0.326 e. The molecule has 2 N–H and O–H groups in total. The molecular formula is C19H26N3O3+. The second kappa shape index (κ2) is 7.35. The van der Waals surface area contributed by atoms with Gasteiger partial charge in [0, 0.05) is 12.6 Å². The van der Waals surface area contributed by atoms with Crippen molar-refractivity contribution in [2.24, 2.45) is 0 Å². The van der Waals surface area contributed by atoms with Gasteiger partial charge in [0.15, 0.2) is 6.04 Å². The fraction of sp³-hybridized carbons (Fsp3) is 0.526. The van der Waals surface area contributed by atoms with Gasteiger partial charge >= 0.3 is 0 Å².